The maximum atomic E-state index is 12.8. The van der Waals surface area contributed by atoms with Gasteiger partial charge in [0.2, 0.25) is 0 Å². The predicted octanol–water partition coefficient (Wildman–Crippen LogP) is 3.92. The van der Waals surface area contributed by atoms with E-state index < -0.39 is 0 Å². The van der Waals surface area contributed by atoms with E-state index in [0.29, 0.717) is 12.2 Å². The van der Waals surface area contributed by atoms with E-state index in [2.05, 4.69) is 34.1 Å². The zero-order valence-corrected chi connectivity index (χ0v) is 15.5. The molecule has 0 saturated carbocycles. The zero-order chi connectivity index (χ0) is 18.6. The van der Waals surface area contributed by atoms with Crippen molar-refractivity contribution in [3.05, 3.63) is 95.3 Å². The van der Waals surface area contributed by atoms with Crippen molar-refractivity contribution in [2.75, 3.05) is 18.5 Å². The number of hydrogen-bond acceptors (Lipinski definition) is 3. The van der Waals surface area contributed by atoms with Gasteiger partial charge in [-0.05, 0) is 35.2 Å². The highest BCUT2D eigenvalue weighted by Crippen LogP contribution is 2.24. The van der Waals surface area contributed by atoms with Crippen LogP contribution >= 0.6 is 0 Å². The fraction of sp³-hybridized carbons (Fsp3) is 0.217. The first-order chi connectivity index (χ1) is 13.2. The molecule has 0 aliphatic carbocycles. The summed E-state index contributed by atoms with van der Waals surface area (Å²) in [5.74, 6) is -0.0573. The van der Waals surface area contributed by atoms with E-state index in [1.165, 1.54) is 11.1 Å². The van der Waals surface area contributed by atoms with Crippen LogP contribution in [0.25, 0.3) is 0 Å². The standard InChI is InChI=1S/C23H23N3O/c1-25(16-18-7-3-2-4-8-18)23(27)22-15-21(11-13-24-22)26-14-12-19-9-5-6-10-20(19)17-26/h2-11,13,15H,12,14,16-17H2,1H3. The molecule has 0 spiro atoms. The number of nitrogens with zero attached hydrogens (tertiary/aromatic N) is 3. The number of fused-ring (bicyclic) bond motifs is 1. The number of carbonyl (C=O) groups excluding carboxylic acids is 1. The number of hydrogen-bond donors (Lipinski definition) is 0. The second-order valence-electron chi connectivity index (χ2n) is 6.99. The molecular formula is C23H23N3O. The highest BCUT2D eigenvalue weighted by Gasteiger charge is 2.19. The SMILES string of the molecule is CN(Cc1ccccc1)C(=O)c1cc(N2CCc3ccccc3C2)ccn1. The van der Waals surface area contributed by atoms with E-state index in [9.17, 15) is 4.79 Å². The van der Waals surface area contributed by atoms with Crippen LogP contribution in [0, 0.1) is 0 Å². The molecule has 4 nitrogen and oxygen atoms in total. The van der Waals surface area contributed by atoms with Gasteiger partial charge in [0, 0.05) is 38.6 Å². The molecule has 0 fully saturated rings. The minimum Gasteiger partial charge on any atom is -0.367 e. The number of pyridine rings is 1. The molecule has 4 heteroatoms. The molecule has 0 bridgehead atoms. The number of rotatable bonds is 4. The first-order valence-electron chi connectivity index (χ1n) is 9.28. The Hall–Kier alpha value is -3.14. The average molecular weight is 357 g/mol. The van der Waals surface area contributed by atoms with E-state index in [1.807, 2.05) is 49.5 Å². The lowest BCUT2D eigenvalue weighted by Gasteiger charge is -2.31. The quantitative estimate of drug-likeness (QED) is 0.710. The van der Waals surface area contributed by atoms with Gasteiger partial charge < -0.3 is 9.80 Å². The first kappa shape index (κ1) is 17.3. The first-order valence-corrected chi connectivity index (χ1v) is 9.28. The summed E-state index contributed by atoms with van der Waals surface area (Å²) in [6.07, 6.45) is 2.76. The number of amides is 1. The van der Waals surface area contributed by atoms with Crippen molar-refractivity contribution in [2.24, 2.45) is 0 Å². The molecule has 2 aromatic carbocycles. The van der Waals surface area contributed by atoms with Crippen LogP contribution in [-0.4, -0.2) is 29.4 Å². The van der Waals surface area contributed by atoms with Crippen LogP contribution in [0.2, 0.25) is 0 Å². The van der Waals surface area contributed by atoms with E-state index in [1.54, 1.807) is 11.1 Å². The number of carbonyl (C=O) groups is 1. The normalized spacial score (nSPS) is 13.1. The minimum atomic E-state index is -0.0573. The lowest BCUT2D eigenvalue weighted by atomic mass is 9.99. The van der Waals surface area contributed by atoms with Crippen LogP contribution in [0.5, 0.6) is 0 Å². The van der Waals surface area contributed by atoms with Gasteiger partial charge in [-0.2, -0.15) is 0 Å². The molecule has 1 amide bonds. The van der Waals surface area contributed by atoms with Gasteiger partial charge in [-0.25, -0.2) is 0 Å². The molecule has 0 unspecified atom stereocenters. The summed E-state index contributed by atoms with van der Waals surface area (Å²) >= 11 is 0. The Balaban J connectivity index is 1.50. The molecule has 4 rings (SSSR count). The van der Waals surface area contributed by atoms with Gasteiger partial charge in [0.15, 0.2) is 0 Å². The van der Waals surface area contributed by atoms with Crippen molar-refractivity contribution in [3.8, 4) is 0 Å². The van der Waals surface area contributed by atoms with Crippen LogP contribution in [0.1, 0.15) is 27.2 Å². The fourth-order valence-corrected chi connectivity index (χ4v) is 3.57. The summed E-state index contributed by atoms with van der Waals surface area (Å²) in [5.41, 5.74) is 5.43. The number of anilines is 1. The van der Waals surface area contributed by atoms with Gasteiger partial charge >= 0.3 is 0 Å². The van der Waals surface area contributed by atoms with Crippen LogP contribution < -0.4 is 4.90 Å². The summed E-state index contributed by atoms with van der Waals surface area (Å²) in [5, 5.41) is 0. The van der Waals surface area contributed by atoms with Crippen LogP contribution in [0.15, 0.2) is 72.9 Å². The smallest absolute Gasteiger partial charge is 0.272 e. The maximum Gasteiger partial charge on any atom is 0.272 e. The van der Waals surface area contributed by atoms with Crippen molar-refractivity contribution in [1.82, 2.24) is 9.88 Å². The van der Waals surface area contributed by atoms with Gasteiger partial charge in [0.25, 0.3) is 5.91 Å². The Morgan fingerprint density at radius 3 is 2.59 bits per heavy atom. The molecule has 0 N–H and O–H groups in total. The average Bonchev–Trinajstić information content (AvgIpc) is 2.73. The molecule has 0 radical (unpaired) electrons. The summed E-state index contributed by atoms with van der Waals surface area (Å²) < 4.78 is 0. The molecule has 1 aliphatic heterocycles. The van der Waals surface area contributed by atoms with Gasteiger partial charge in [0.1, 0.15) is 5.69 Å². The molecule has 0 atom stereocenters. The summed E-state index contributed by atoms with van der Waals surface area (Å²) in [7, 11) is 1.82. The van der Waals surface area contributed by atoms with Crippen molar-refractivity contribution < 1.29 is 4.79 Å². The lowest BCUT2D eigenvalue weighted by molar-refractivity contribution is 0.0779. The second-order valence-corrected chi connectivity index (χ2v) is 6.99. The highest BCUT2D eigenvalue weighted by molar-refractivity contribution is 5.93. The third-order valence-electron chi connectivity index (χ3n) is 5.07. The highest BCUT2D eigenvalue weighted by atomic mass is 16.2. The van der Waals surface area contributed by atoms with E-state index in [4.69, 9.17) is 0 Å². The van der Waals surface area contributed by atoms with Crippen molar-refractivity contribution >= 4 is 11.6 Å². The van der Waals surface area contributed by atoms with Gasteiger partial charge in [0.05, 0.1) is 0 Å². The number of aromatic nitrogens is 1. The van der Waals surface area contributed by atoms with E-state index in [-0.39, 0.29) is 5.91 Å². The van der Waals surface area contributed by atoms with Crippen LogP contribution in [0.4, 0.5) is 5.69 Å². The fourth-order valence-electron chi connectivity index (χ4n) is 3.57. The van der Waals surface area contributed by atoms with Gasteiger partial charge in [-0.3, -0.25) is 9.78 Å². The molecule has 1 aliphatic rings. The Kier molecular flexibility index (Phi) is 4.88. The summed E-state index contributed by atoms with van der Waals surface area (Å²) in [6.45, 7) is 2.39. The Morgan fingerprint density at radius 2 is 1.78 bits per heavy atom. The van der Waals surface area contributed by atoms with Crippen molar-refractivity contribution in [1.29, 1.82) is 0 Å². The van der Waals surface area contributed by atoms with Gasteiger partial charge in [-0.1, -0.05) is 54.6 Å². The minimum absolute atomic E-state index is 0.0573. The Bertz CT molecular complexity index is 939. The zero-order valence-electron chi connectivity index (χ0n) is 15.5. The molecule has 27 heavy (non-hydrogen) atoms. The molecule has 3 aromatic rings. The molecule has 1 aromatic heterocycles. The predicted molar refractivity (Wildman–Crippen MR) is 108 cm³/mol. The van der Waals surface area contributed by atoms with Crippen LogP contribution in [0.3, 0.4) is 0 Å². The maximum absolute atomic E-state index is 12.8. The largest absolute Gasteiger partial charge is 0.367 e. The molecule has 136 valence electrons. The lowest BCUT2D eigenvalue weighted by Crippen LogP contribution is -2.31. The molecular weight excluding hydrogens is 334 g/mol. The molecule has 2 heterocycles. The third-order valence-corrected chi connectivity index (χ3v) is 5.07. The van der Waals surface area contributed by atoms with Crippen LogP contribution in [-0.2, 0) is 19.5 Å². The topological polar surface area (TPSA) is 36.4 Å². The third kappa shape index (κ3) is 3.85. The summed E-state index contributed by atoms with van der Waals surface area (Å²) in [6, 6.07) is 22.5. The van der Waals surface area contributed by atoms with Gasteiger partial charge in [-0.15, -0.1) is 0 Å². The number of benzene rings is 2. The molecule has 0 saturated heterocycles. The monoisotopic (exact) mass is 357 g/mol. The van der Waals surface area contributed by atoms with E-state index in [0.717, 1.165) is 30.8 Å². The van der Waals surface area contributed by atoms with E-state index >= 15 is 0 Å². The van der Waals surface area contributed by atoms with Crippen molar-refractivity contribution in [3.63, 3.8) is 0 Å². The Morgan fingerprint density at radius 1 is 1.04 bits per heavy atom. The van der Waals surface area contributed by atoms with Crippen molar-refractivity contribution in [2.45, 2.75) is 19.5 Å². The second kappa shape index (κ2) is 7.62. The Labute approximate surface area is 160 Å². The summed E-state index contributed by atoms with van der Waals surface area (Å²) in [4.78, 5) is 21.2.